The first kappa shape index (κ1) is 13.1. The number of fused-ring (bicyclic) bond motifs is 1. The molecule has 0 aliphatic carbocycles. The summed E-state index contributed by atoms with van der Waals surface area (Å²) in [5, 5.41) is 0. The lowest BCUT2D eigenvalue weighted by molar-refractivity contribution is -0.127. The van der Waals surface area contributed by atoms with Crippen LogP contribution in [0, 0.1) is 0 Å². The number of pyridine rings is 1. The van der Waals surface area contributed by atoms with Crippen LogP contribution in [-0.4, -0.2) is 23.5 Å². The van der Waals surface area contributed by atoms with E-state index in [0.717, 1.165) is 10.2 Å². The second kappa shape index (κ2) is 5.63. The standard InChI is InChI=1S/C15H12BrNO3/c16-10-5-6-11(17-8-10)7-12(18)15-9-19-13-3-1-2-4-14(13)20-15/h1-6,8,15H,7,9H2. The van der Waals surface area contributed by atoms with Gasteiger partial charge in [0.15, 0.2) is 23.4 Å². The van der Waals surface area contributed by atoms with Gasteiger partial charge in [-0.25, -0.2) is 0 Å². The molecule has 0 radical (unpaired) electrons. The molecular formula is C15H12BrNO3. The predicted molar refractivity (Wildman–Crippen MR) is 77.0 cm³/mol. The lowest BCUT2D eigenvalue weighted by Crippen LogP contribution is -2.37. The first-order valence-electron chi connectivity index (χ1n) is 6.24. The smallest absolute Gasteiger partial charge is 0.191 e. The molecule has 0 saturated heterocycles. The van der Waals surface area contributed by atoms with Gasteiger partial charge < -0.3 is 9.47 Å². The molecule has 2 heterocycles. The second-order valence-corrected chi connectivity index (χ2v) is 5.39. The fourth-order valence-corrected chi connectivity index (χ4v) is 2.22. The van der Waals surface area contributed by atoms with E-state index >= 15 is 0 Å². The summed E-state index contributed by atoms with van der Waals surface area (Å²) < 4.78 is 12.1. The number of aromatic nitrogens is 1. The van der Waals surface area contributed by atoms with Crippen LogP contribution in [0.4, 0.5) is 0 Å². The molecule has 3 rings (SSSR count). The number of carbonyl (C=O) groups is 1. The monoisotopic (exact) mass is 333 g/mol. The van der Waals surface area contributed by atoms with E-state index < -0.39 is 6.10 Å². The number of ketones is 1. The van der Waals surface area contributed by atoms with Gasteiger partial charge in [-0.15, -0.1) is 0 Å². The highest BCUT2D eigenvalue weighted by molar-refractivity contribution is 9.10. The lowest BCUT2D eigenvalue weighted by atomic mass is 10.1. The van der Waals surface area contributed by atoms with E-state index in [2.05, 4.69) is 20.9 Å². The zero-order valence-corrected chi connectivity index (χ0v) is 12.2. The number of Topliss-reactive ketones (excluding diaryl/α,β-unsaturated/α-hetero) is 1. The van der Waals surface area contributed by atoms with Gasteiger partial charge in [-0.05, 0) is 40.2 Å². The maximum absolute atomic E-state index is 12.2. The summed E-state index contributed by atoms with van der Waals surface area (Å²) >= 11 is 3.31. The number of halogens is 1. The summed E-state index contributed by atoms with van der Waals surface area (Å²) in [4.78, 5) is 16.4. The maximum atomic E-state index is 12.2. The molecule has 1 aliphatic rings. The molecule has 2 aromatic rings. The third-order valence-corrected chi connectivity index (χ3v) is 3.48. The summed E-state index contributed by atoms with van der Waals surface area (Å²) in [6.07, 6.45) is 1.34. The van der Waals surface area contributed by atoms with Crippen molar-refractivity contribution >= 4 is 21.7 Å². The molecule has 0 N–H and O–H groups in total. The van der Waals surface area contributed by atoms with E-state index in [-0.39, 0.29) is 18.8 Å². The molecule has 0 fully saturated rings. The Bertz CT molecular complexity index is 627. The molecular weight excluding hydrogens is 322 g/mol. The third-order valence-electron chi connectivity index (χ3n) is 3.01. The fraction of sp³-hybridized carbons (Fsp3) is 0.200. The first-order chi connectivity index (χ1) is 9.72. The van der Waals surface area contributed by atoms with Crippen LogP contribution in [0.3, 0.4) is 0 Å². The number of nitrogens with zero attached hydrogens (tertiary/aromatic N) is 1. The van der Waals surface area contributed by atoms with Gasteiger partial charge >= 0.3 is 0 Å². The molecule has 1 aromatic heterocycles. The Labute approximate surface area is 124 Å². The van der Waals surface area contributed by atoms with Gasteiger partial charge in [-0.2, -0.15) is 0 Å². The number of hydrogen-bond acceptors (Lipinski definition) is 4. The number of benzene rings is 1. The molecule has 102 valence electrons. The molecule has 1 aliphatic heterocycles. The van der Waals surface area contributed by atoms with Crippen molar-refractivity contribution in [3.8, 4) is 11.5 Å². The van der Waals surface area contributed by atoms with E-state index in [1.165, 1.54) is 0 Å². The van der Waals surface area contributed by atoms with Crippen LogP contribution in [0.5, 0.6) is 11.5 Å². The number of ether oxygens (including phenoxy) is 2. The normalized spacial score (nSPS) is 16.8. The van der Waals surface area contributed by atoms with Crippen LogP contribution in [0.25, 0.3) is 0 Å². The maximum Gasteiger partial charge on any atom is 0.191 e. The molecule has 4 nitrogen and oxygen atoms in total. The highest BCUT2D eigenvalue weighted by Crippen LogP contribution is 2.31. The van der Waals surface area contributed by atoms with Crippen molar-refractivity contribution in [2.24, 2.45) is 0 Å². The Morgan fingerprint density at radius 3 is 2.80 bits per heavy atom. The van der Waals surface area contributed by atoms with Crippen LogP contribution in [-0.2, 0) is 11.2 Å². The molecule has 20 heavy (non-hydrogen) atoms. The molecule has 0 amide bonds. The van der Waals surface area contributed by atoms with Crippen molar-refractivity contribution in [1.29, 1.82) is 0 Å². The van der Waals surface area contributed by atoms with Crippen LogP contribution in [0.15, 0.2) is 47.1 Å². The zero-order chi connectivity index (χ0) is 13.9. The lowest BCUT2D eigenvalue weighted by Gasteiger charge is -2.25. The number of rotatable bonds is 3. The van der Waals surface area contributed by atoms with E-state index in [1.54, 1.807) is 12.3 Å². The van der Waals surface area contributed by atoms with Gasteiger partial charge in [0.25, 0.3) is 0 Å². The summed E-state index contributed by atoms with van der Waals surface area (Å²) in [7, 11) is 0. The summed E-state index contributed by atoms with van der Waals surface area (Å²) in [5.41, 5.74) is 0.723. The van der Waals surface area contributed by atoms with Crippen LogP contribution in [0.2, 0.25) is 0 Å². The Morgan fingerprint density at radius 1 is 1.25 bits per heavy atom. The van der Waals surface area contributed by atoms with Crippen molar-refractivity contribution in [2.75, 3.05) is 6.61 Å². The van der Waals surface area contributed by atoms with Gasteiger partial charge in [-0.3, -0.25) is 9.78 Å². The third kappa shape index (κ3) is 2.82. The van der Waals surface area contributed by atoms with Crippen molar-refractivity contribution in [1.82, 2.24) is 4.98 Å². The quantitative estimate of drug-likeness (QED) is 0.866. The summed E-state index contributed by atoms with van der Waals surface area (Å²) in [5.74, 6) is 1.26. The van der Waals surface area contributed by atoms with E-state index in [0.29, 0.717) is 11.5 Å². The highest BCUT2D eigenvalue weighted by atomic mass is 79.9. The number of hydrogen-bond donors (Lipinski definition) is 0. The molecule has 0 bridgehead atoms. The van der Waals surface area contributed by atoms with Crippen molar-refractivity contribution in [3.63, 3.8) is 0 Å². The van der Waals surface area contributed by atoms with Crippen LogP contribution >= 0.6 is 15.9 Å². The summed E-state index contributed by atoms with van der Waals surface area (Å²) in [6, 6.07) is 11.0. The number of para-hydroxylation sites is 2. The predicted octanol–water partition coefficient (Wildman–Crippen LogP) is 2.80. The zero-order valence-electron chi connectivity index (χ0n) is 10.6. The van der Waals surface area contributed by atoms with Crippen LogP contribution < -0.4 is 9.47 Å². The Hall–Kier alpha value is -1.88. The number of carbonyl (C=O) groups excluding carboxylic acids is 1. The minimum absolute atomic E-state index is 0.0330. The fourth-order valence-electron chi connectivity index (χ4n) is 1.98. The van der Waals surface area contributed by atoms with Crippen LogP contribution in [0.1, 0.15) is 5.69 Å². The molecule has 1 unspecified atom stereocenters. The molecule has 1 aromatic carbocycles. The average molecular weight is 334 g/mol. The van der Waals surface area contributed by atoms with Crippen molar-refractivity contribution in [2.45, 2.75) is 12.5 Å². The summed E-state index contributed by atoms with van der Waals surface area (Å²) in [6.45, 7) is 0.242. The minimum atomic E-state index is -0.574. The molecule has 5 heteroatoms. The van der Waals surface area contributed by atoms with Gasteiger partial charge in [0.1, 0.15) is 6.61 Å². The molecule has 0 saturated carbocycles. The topological polar surface area (TPSA) is 48.4 Å². The molecule has 0 spiro atoms. The Morgan fingerprint density at radius 2 is 2.05 bits per heavy atom. The van der Waals surface area contributed by atoms with E-state index in [1.807, 2.05) is 30.3 Å². The first-order valence-corrected chi connectivity index (χ1v) is 7.03. The SMILES string of the molecule is O=C(Cc1ccc(Br)cn1)C1COc2ccccc2O1. The highest BCUT2D eigenvalue weighted by Gasteiger charge is 2.27. The molecule has 1 atom stereocenters. The van der Waals surface area contributed by atoms with Gasteiger partial charge in [0, 0.05) is 16.4 Å². The van der Waals surface area contributed by atoms with Gasteiger partial charge in [-0.1, -0.05) is 12.1 Å². The Balaban J connectivity index is 1.68. The average Bonchev–Trinajstić information content (AvgIpc) is 2.49. The largest absolute Gasteiger partial charge is 0.485 e. The van der Waals surface area contributed by atoms with Gasteiger partial charge in [0.05, 0.1) is 6.42 Å². The van der Waals surface area contributed by atoms with Crippen molar-refractivity contribution in [3.05, 3.63) is 52.8 Å². The van der Waals surface area contributed by atoms with E-state index in [4.69, 9.17) is 9.47 Å². The minimum Gasteiger partial charge on any atom is -0.485 e. The van der Waals surface area contributed by atoms with E-state index in [9.17, 15) is 4.79 Å². The Kier molecular flexibility index (Phi) is 3.69. The van der Waals surface area contributed by atoms with Gasteiger partial charge in [0.2, 0.25) is 0 Å². The van der Waals surface area contributed by atoms with Crippen molar-refractivity contribution < 1.29 is 14.3 Å². The second-order valence-electron chi connectivity index (χ2n) is 4.48.